The number of fused-ring (bicyclic) bond motifs is 1. The molecule has 8 heteroatoms. The molecule has 2 fully saturated rings. The van der Waals surface area contributed by atoms with Gasteiger partial charge in [0.15, 0.2) is 0 Å². The van der Waals surface area contributed by atoms with Crippen molar-refractivity contribution in [2.45, 2.75) is 13.8 Å². The van der Waals surface area contributed by atoms with Crippen LogP contribution in [0.2, 0.25) is 0 Å². The maximum atomic E-state index is 13.8. The Morgan fingerprint density at radius 3 is 2.14 bits per heavy atom. The molecule has 0 radical (unpaired) electrons. The van der Waals surface area contributed by atoms with Gasteiger partial charge in [0.25, 0.3) is 0 Å². The Bertz CT molecular complexity index is 1210. The van der Waals surface area contributed by atoms with Crippen molar-refractivity contribution in [2.75, 3.05) is 80.4 Å². The molecule has 8 nitrogen and oxygen atoms in total. The molecule has 1 aromatic heterocycles. The molecule has 3 aromatic rings. The standard InChI is InChI=1S/C27H33N3O5/c1-3-33-22-10-6-5-8-20(22)28-12-14-29(15-13-28)21-9-7-11-23-24(21)25(31)26(34-4-2)27(35-23)30-16-18-32-19-17-30/h5-11H,3-4,12-19H2,1-2H3. The third-order valence-corrected chi connectivity index (χ3v) is 6.55. The van der Waals surface area contributed by atoms with Crippen molar-refractivity contribution in [1.29, 1.82) is 0 Å². The zero-order chi connectivity index (χ0) is 24.2. The number of benzene rings is 2. The highest BCUT2D eigenvalue weighted by molar-refractivity contribution is 5.92. The largest absolute Gasteiger partial charge is 0.492 e. The van der Waals surface area contributed by atoms with E-state index in [1.54, 1.807) is 0 Å². The normalized spacial score (nSPS) is 16.6. The molecule has 5 rings (SSSR count). The van der Waals surface area contributed by atoms with Crippen LogP contribution in [-0.2, 0) is 4.74 Å². The molecule has 0 aliphatic carbocycles. The first kappa shape index (κ1) is 23.4. The lowest BCUT2D eigenvalue weighted by molar-refractivity contribution is 0.120. The second-order valence-corrected chi connectivity index (χ2v) is 8.62. The van der Waals surface area contributed by atoms with E-state index in [1.165, 1.54) is 0 Å². The highest BCUT2D eigenvalue weighted by atomic mass is 16.5. The molecule has 0 saturated carbocycles. The van der Waals surface area contributed by atoms with Crippen LogP contribution in [0.4, 0.5) is 17.3 Å². The second-order valence-electron chi connectivity index (χ2n) is 8.62. The molecule has 0 amide bonds. The first-order valence-corrected chi connectivity index (χ1v) is 12.5. The zero-order valence-corrected chi connectivity index (χ0v) is 20.5. The number of nitrogens with zero attached hydrogens (tertiary/aromatic N) is 3. The van der Waals surface area contributed by atoms with E-state index in [0.717, 1.165) is 43.3 Å². The summed E-state index contributed by atoms with van der Waals surface area (Å²) in [7, 11) is 0. The predicted octanol–water partition coefficient (Wildman–Crippen LogP) is 3.75. The summed E-state index contributed by atoms with van der Waals surface area (Å²) in [6, 6.07) is 14.0. The van der Waals surface area contributed by atoms with Crippen LogP contribution in [0.3, 0.4) is 0 Å². The van der Waals surface area contributed by atoms with Crippen LogP contribution in [0.5, 0.6) is 11.5 Å². The van der Waals surface area contributed by atoms with Crippen LogP contribution >= 0.6 is 0 Å². The Kier molecular flexibility index (Phi) is 6.99. The minimum atomic E-state index is -0.116. The van der Waals surface area contributed by atoms with Gasteiger partial charge in [0, 0.05) is 39.3 Å². The summed E-state index contributed by atoms with van der Waals surface area (Å²) in [5, 5.41) is 0.580. The molecule has 2 aromatic carbocycles. The van der Waals surface area contributed by atoms with Crippen molar-refractivity contribution in [3.63, 3.8) is 0 Å². The lowest BCUT2D eigenvalue weighted by Crippen LogP contribution is -2.47. The third-order valence-electron chi connectivity index (χ3n) is 6.55. The molecule has 2 saturated heterocycles. The summed E-state index contributed by atoms with van der Waals surface area (Å²) < 4.78 is 23.5. The summed E-state index contributed by atoms with van der Waals surface area (Å²) in [6.07, 6.45) is 0. The van der Waals surface area contributed by atoms with Gasteiger partial charge < -0.3 is 33.3 Å². The highest BCUT2D eigenvalue weighted by Crippen LogP contribution is 2.35. The van der Waals surface area contributed by atoms with Gasteiger partial charge in [-0.25, -0.2) is 0 Å². The first-order chi connectivity index (χ1) is 17.2. The van der Waals surface area contributed by atoms with E-state index in [2.05, 4.69) is 15.9 Å². The van der Waals surface area contributed by atoms with Gasteiger partial charge in [0.2, 0.25) is 17.1 Å². The van der Waals surface area contributed by atoms with E-state index in [4.69, 9.17) is 18.6 Å². The Hall–Kier alpha value is -3.39. The van der Waals surface area contributed by atoms with Crippen molar-refractivity contribution < 1.29 is 18.6 Å². The summed E-state index contributed by atoms with van der Waals surface area (Å²) in [4.78, 5) is 20.4. The van der Waals surface area contributed by atoms with Crippen LogP contribution in [0.15, 0.2) is 51.7 Å². The summed E-state index contributed by atoms with van der Waals surface area (Å²) in [5.74, 6) is 1.70. The molecular weight excluding hydrogens is 446 g/mol. The summed E-state index contributed by atoms with van der Waals surface area (Å²) in [6.45, 7) is 10.7. The van der Waals surface area contributed by atoms with E-state index in [0.29, 0.717) is 62.1 Å². The van der Waals surface area contributed by atoms with Gasteiger partial charge in [-0.1, -0.05) is 18.2 Å². The number of rotatable bonds is 7. The quantitative estimate of drug-likeness (QED) is 0.508. The van der Waals surface area contributed by atoms with E-state index >= 15 is 0 Å². The fourth-order valence-corrected chi connectivity index (χ4v) is 4.89. The van der Waals surface area contributed by atoms with Gasteiger partial charge >= 0.3 is 0 Å². The van der Waals surface area contributed by atoms with Gasteiger partial charge in [-0.2, -0.15) is 0 Å². The van der Waals surface area contributed by atoms with Crippen molar-refractivity contribution in [3.05, 3.63) is 52.7 Å². The van der Waals surface area contributed by atoms with E-state index in [-0.39, 0.29) is 5.43 Å². The SMILES string of the molecule is CCOc1ccccc1N1CCN(c2cccc3oc(N4CCOCC4)c(OCC)c(=O)c23)CC1. The van der Waals surface area contributed by atoms with Crippen molar-refractivity contribution >= 4 is 28.2 Å². The predicted molar refractivity (Wildman–Crippen MR) is 139 cm³/mol. The van der Waals surface area contributed by atoms with Crippen molar-refractivity contribution in [1.82, 2.24) is 0 Å². The van der Waals surface area contributed by atoms with Gasteiger partial charge in [0.05, 0.1) is 43.2 Å². The van der Waals surface area contributed by atoms with Crippen molar-refractivity contribution in [3.8, 4) is 11.5 Å². The third kappa shape index (κ3) is 4.62. The maximum absolute atomic E-state index is 13.8. The number of hydrogen-bond donors (Lipinski definition) is 0. The molecule has 0 bridgehead atoms. The van der Waals surface area contributed by atoms with E-state index < -0.39 is 0 Å². The van der Waals surface area contributed by atoms with E-state index in [9.17, 15) is 4.79 Å². The van der Waals surface area contributed by atoms with Crippen LogP contribution < -0.4 is 29.6 Å². The van der Waals surface area contributed by atoms with Gasteiger partial charge in [-0.05, 0) is 38.1 Å². The van der Waals surface area contributed by atoms with Gasteiger partial charge in [0.1, 0.15) is 11.3 Å². The van der Waals surface area contributed by atoms with Crippen LogP contribution in [0, 0.1) is 0 Å². The second kappa shape index (κ2) is 10.5. The molecule has 0 N–H and O–H groups in total. The minimum absolute atomic E-state index is 0.116. The van der Waals surface area contributed by atoms with Crippen LogP contribution in [0.1, 0.15) is 13.8 Å². The number of morpholine rings is 1. The Balaban J connectivity index is 1.45. The smallest absolute Gasteiger partial charge is 0.243 e. The van der Waals surface area contributed by atoms with E-state index in [1.807, 2.05) is 55.1 Å². The van der Waals surface area contributed by atoms with Crippen LogP contribution in [-0.4, -0.2) is 65.7 Å². The number of anilines is 3. The average molecular weight is 480 g/mol. The Labute approximate surface area is 205 Å². The van der Waals surface area contributed by atoms with Crippen molar-refractivity contribution in [2.24, 2.45) is 0 Å². The molecule has 186 valence electrons. The molecular formula is C27H33N3O5. The molecule has 2 aliphatic rings. The number of piperazine rings is 1. The molecule has 0 atom stereocenters. The highest BCUT2D eigenvalue weighted by Gasteiger charge is 2.27. The Morgan fingerprint density at radius 1 is 0.771 bits per heavy atom. The number of para-hydroxylation sites is 2. The monoisotopic (exact) mass is 479 g/mol. The summed E-state index contributed by atoms with van der Waals surface area (Å²) in [5.41, 5.74) is 2.47. The first-order valence-electron chi connectivity index (χ1n) is 12.5. The fraction of sp³-hybridized carbons (Fsp3) is 0.444. The number of ether oxygens (including phenoxy) is 3. The fourth-order valence-electron chi connectivity index (χ4n) is 4.89. The number of hydrogen-bond acceptors (Lipinski definition) is 8. The molecule has 35 heavy (non-hydrogen) atoms. The summed E-state index contributed by atoms with van der Waals surface area (Å²) >= 11 is 0. The van der Waals surface area contributed by atoms with Gasteiger partial charge in [-0.3, -0.25) is 4.79 Å². The van der Waals surface area contributed by atoms with Crippen LogP contribution in [0.25, 0.3) is 11.0 Å². The topological polar surface area (TPSA) is 67.6 Å². The maximum Gasteiger partial charge on any atom is 0.243 e. The lowest BCUT2D eigenvalue weighted by atomic mass is 10.1. The zero-order valence-electron chi connectivity index (χ0n) is 20.5. The molecule has 2 aliphatic heterocycles. The van der Waals surface area contributed by atoms with Gasteiger partial charge in [-0.15, -0.1) is 0 Å². The molecule has 0 unspecified atom stereocenters. The molecule has 0 spiro atoms. The Morgan fingerprint density at radius 2 is 1.43 bits per heavy atom. The molecule has 3 heterocycles. The minimum Gasteiger partial charge on any atom is -0.492 e. The average Bonchev–Trinajstić information content (AvgIpc) is 2.91. The lowest BCUT2D eigenvalue weighted by Gasteiger charge is -2.38.